The van der Waals surface area contributed by atoms with Crippen molar-refractivity contribution >= 4 is 26.8 Å². The number of rotatable bonds is 1. The van der Waals surface area contributed by atoms with Crippen molar-refractivity contribution in [2.24, 2.45) is 0 Å². The third kappa shape index (κ3) is 1.64. The van der Waals surface area contributed by atoms with Gasteiger partial charge in [0, 0.05) is 22.0 Å². The van der Waals surface area contributed by atoms with E-state index in [1.54, 1.807) is 0 Å². The van der Waals surface area contributed by atoms with Gasteiger partial charge in [0.25, 0.3) is 0 Å². The van der Waals surface area contributed by atoms with Crippen LogP contribution in [0.5, 0.6) is 0 Å². The monoisotopic (exact) mass is 250 g/mol. The van der Waals surface area contributed by atoms with Crippen LogP contribution in [0.25, 0.3) is 10.9 Å². The van der Waals surface area contributed by atoms with Crippen molar-refractivity contribution in [2.45, 2.75) is 20.3 Å². The molecule has 0 radical (unpaired) electrons. The maximum Gasteiger partial charge on any atom is 0.129 e. The second-order valence-electron chi connectivity index (χ2n) is 3.24. The average molecular weight is 251 g/mol. The summed E-state index contributed by atoms with van der Waals surface area (Å²) < 4.78 is 1.06. The molecule has 2 aromatic rings. The van der Waals surface area contributed by atoms with Gasteiger partial charge in [0.2, 0.25) is 0 Å². The summed E-state index contributed by atoms with van der Waals surface area (Å²) in [6.07, 6.45) is 0.878. The van der Waals surface area contributed by atoms with Crippen molar-refractivity contribution in [3.8, 4) is 0 Å². The fraction of sp³-hybridized carbons (Fsp3) is 0.273. The van der Waals surface area contributed by atoms with Gasteiger partial charge in [0.1, 0.15) is 5.82 Å². The third-order valence-corrected chi connectivity index (χ3v) is 2.71. The molecule has 2 nitrogen and oxygen atoms in total. The minimum absolute atomic E-state index is 0.878. The molecule has 14 heavy (non-hydrogen) atoms. The van der Waals surface area contributed by atoms with Gasteiger partial charge in [-0.25, -0.2) is 9.97 Å². The molecule has 0 aliphatic rings. The Hall–Kier alpha value is -0.960. The van der Waals surface area contributed by atoms with E-state index in [0.29, 0.717) is 0 Å². The van der Waals surface area contributed by atoms with Crippen molar-refractivity contribution in [3.05, 3.63) is 34.2 Å². The summed E-state index contributed by atoms with van der Waals surface area (Å²) in [6, 6.07) is 6.10. The van der Waals surface area contributed by atoms with Crippen LogP contribution in [-0.4, -0.2) is 9.97 Å². The molecule has 0 amide bonds. The number of aryl methyl sites for hydroxylation is 2. The zero-order chi connectivity index (χ0) is 10.1. The molecule has 3 heteroatoms. The predicted octanol–water partition coefficient (Wildman–Crippen LogP) is 3.26. The summed E-state index contributed by atoms with van der Waals surface area (Å²) in [4.78, 5) is 8.90. The van der Waals surface area contributed by atoms with E-state index in [4.69, 9.17) is 0 Å². The maximum atomic E-state index is 4.47. The molecule has 0 unspecified atom stereocenters. The van der Waals surface area contributed by atoms with Crippen LogP contribution in [0.2, 0.25) is 0 Å². The van der Waals surface area contributed by atoms with Gasteiger partial charge in [-0.1, -0.05) is 22.9 Å². The number of nitrogens with zero attached hydrogens (tertiary/aromatic N) is 2. The largest absolute Gasteiger partial charge is 0.238 e. The molecule has 0 aliphatic heterocycles. The number of aromatic nitrogens is 2. The third-order valence-electron chi connectivity index (χ3n) is 2.21. The second-order valence-corrected chi connectivity index (χ2v) is 4.16. The summed E-state index contributed by atoms with van der Waals surface area (Å²) >= 11 is 3.44. The summed E-state index contributed by atoms with van der Waals surface area (Å²) in [6.45, 7) is 4.09. The number of hydrogen-bond acceptors (Lipinski definition) is 2. The smallest absolute Gasteiger partial charge is 0.129 e. The first-order valence-corrected chi connectivity index (χ1v) is 5.43. The average Bonchev–Trinajstić information content (AvgIpc) is 2.16. The Labute approximate surface area is 91.5 Å². The van der Waals surface area contributed by atoms with Crippen LogP contribution < -0.4 is 0 Å². The van der Waals surface area contributed by atoms with Crippen LogP contribution in [0.3, 0.4) is 0 Å². The van der Waals surface area contributed by atoms with Crippen LogP contribution in [-0.2, 0) is 6.42 Å². The van der Waals surface area contributed by atoms with E-state index in [1.807, 2.05) is 25.1 Å². The van der Waals surface area contributed by atoms with Gasteiger partial charge in [-0.3, -0.25) is 0 Å². The number of halogens is 1. The van der Waals surface area contributed by atoms with Crippen LogP contribution in [0.1, 0.15) is 18.4 Å². The van der Waals surface area contributed by atoms with E-state index in [2.05, 4.69) is 32.8 Å². The van der Waals surface area contributed by atoms with Gasteiger partial charge in [-0.15, -0.1) is 0 Å². The van der Waals surface area contributed by atoms with Gasteiger partial charge < -0.3 is 0 Å². The van der Waals surface area contributed by atoms with Crippen molar-refractivity contribution in [3.63, 3.8) is 0 Å². The van der Waals surface area contributed by atoms with Gasteiger partial charge in [0.15, 0.2) is 0 Å². The number of fused-ring (bicyclic) bond motifs is 1. The summed E-state index contributed by atoms with van der Waals surface area (Å²) in [5.41, 5.74) is 2.07. The molecular weight excluding hydrogens is 240 g/mol. The highest BCUT2D eigenvalue weighted by Crippen LogP contribution is 2.20. The van der Waals surface area contributed by atoms with E-state index in [0.717, 1.165) is 33.3 Å². The Morgan fingerprint density at radius 1 is 1.29 bits per heavy atom. The summed E-state index contributed by atoms with van der Waals surface area (Å²) in [7, 11) is 0. The van der Waals surface area contributed by atoms with Crippen molar-refractivity contribution in [2.75, 3.05) is 0 Å². The van der Waals surface area contributed by atoms with Crippen molar-refractivity contribution in [1.82, 2.24) is 9.97 Å². The molecule has 72 valence electrons. The lowest BCUT2D eigenvalue weighted by Gasteiger charge is -2.03. The normalized spacial score (nSPS) is 10.8. The maximum absolute atomic E-state index is 4.47. The van der Waals surface area contributed by atoms with Crippen molar-refractivity contribution < 1.29 is 0 Å². The highest BCUT2D eigenvalue weighted by Gasteiger charge is 2.02. The van der Waals surface area contributed by atoms with Crippen LogP contribution in [0.4, 0.5) is 0 Å². The Morgan fingerprint density at radius 3 is 2.79 bits per heavy atom. The van der Waals surface area contributed by atoms with Gasteiger partial charge in [-0.2, -0.15) is 0 Å². The SMILES string of the molecule is CCc1nc(C)c2ccc(Br)cc2n1. The van der Waals surface area contributed by atoms with Gasteiger partial charge >= 0.3 is 0 Å². The zero-order valence-electron chi connectivity index (χ0n) is 8.21. The highest BCUT2D eigenvalue weighted by molar-refractivity contribution is 9.10. The van der Waals surface area contributed by atoms with E-state index in [-0.39, 0.29) is 0 Å². The van der Waals surface area contributed by atoms with E-state index < -0.39 is 0 Å². The van der Waals surface area contributed by atoms with Gasteiger partial charge in [0.05, 0.1) is 5.52 Å². The quantitative estimate of drug-likeness (QED) is 0.777. The molecule has 1 aromatic carbocycles. The lowest BCUT2D eigenvalue weighted by Crippen LogP contribution is -1.96. The second kappa shape index (κ2) is 3.65. The first kappa shape index (κ1) is 9.59. The van der Waals surface area contributed by atoms with Crippen LogP contribution in [0, 0.1) is 6.92 Å². The Balaban J connectivity index is 2.77. The molecule has 1 heterocycles. The lowest BCUT2D eigenvalue weighted by atomic mass is 10.2. The zero-order valence-corrected chi connectivity index (χ0v) is 9.80. The fourth-order valence-electron chi connectivity index (χ4n) is 1.48. The molecule has 0 aliphatic carbocycles. The molecule has 0 atom stereocenters. The fourth-order valence-corrected chi connectivity index (χ4v) is 1.83. The summed E-state index contributed by atoms with van der Waals surface area (Å²) in [5, 5.41) is 1.13. The van der Waals surface area contributed by atoms with Gasteiger partial charge in [-0.05, 0) is 25.1 Å². The first-order chi connectivity index (χ1) is 6.70. The minimum atomic E-state index is 0.878. The topological polar surface area (TPSA) is 25.8 Å². The van der Waals surface area contributed by atoms with Crippen molar-refractivity contribution in [1.29, 1.82) is 0 Å². The molecule has 0 saturated heterocycles. The minimum Gasteiger partial charge on any atom is -0.238 e. The van der Waals surface area contributed by atoms with Crippen LogP contribution in [0.15, 0.2) is 22.7 Å². The molecule has 0 spiro atoms. The van der Waals surface area contributed by atoms with E-state index in [1.165, 1.54) is 0 Å². The number of benzene rings is 1. The molecule has 0 saturated carbocycles. The Kier molecular flexibility index (Phi) is 2.50. The molecular formula is C11H11BrN2. The number of hydrogen-bond donors (Lipinski definition) is 0. The molecule has 2 rings (SSSR count). The van der Waals surface area contributed by atoms with E-state index in [9.17, 15) is 0 Å². The predicted molar refractivity (Wildman–Crippen MR) is 61.4 cm³/mol. The Morgan fingerprint density at radius 2 is 2.07 bits per heavy atom. The van der Waals surface area contributed by atoms with Crippen LogP contribution >= 0.6 is 15.9 Å². The summed E-state index contributed by atoms with van der Waals surface area (Å²) in [5.74, 6) is 0.910. The highest BCUT2D eigenvalue weighted by atomic mass is 79.9. The first-order valence-electron chi connectivity index (χ1n) is 4.63. The molecule has 1 aromatic heterocycles. The van der Waals surface area contributed by atoms with E-state index >= 15 is 0 Å². The molecule has 0 N–H and O–H groups in total. The molecule has 0 bridgehead atoms. The standard InChI is InChI=1S/C11H11BrN2/c1-3-11-13-7(2)9-5-4-8(12)6-10(9)14-11/h4-6H,3H2,1-2H3. The lowest BCUT2D eigenvalue weighted by molar-refractivity contribution is 0.941. The molecule has 0 fully saturated rings. The Bertz CT molecular complexity index is 480.